The lowest BCUT2D eigenvalue weighted by atomic mass is 9.53. The largest absolute Gasteiger partial charge is 0.372 e. The molecule has 3 heteroatoms. The van der Waals surface area contributed by atoms with Crippen LogP contribution in [0.4, 0.5) is 0 Å². The molecule has 4 aliphatic carbocycles. The monoisotopic (exact) mass is 570 g/mol. The highest BCUT2D eigenvalue weighted by Gasteiger charge is 2.60. The van der Waals surface area contributed by atoms with Crippen LogP contribution in [0.15, 0.2) is 72.8 Å². The number of piperidine rings is 1. The Morgan fingerprint density at radius 2 is 1.40 bits per heavy atom. The smallest absolute Gasteiger partial charge is 0.0740 e. The molecule has 2 aliphatic heterocycles. The SMILES string of the molecule is c1ccc(-n2c3ccccc3c3cc(C4CCC5C(C4)OC4CCCC6C7CCCC8CCCC(C87)N5C46)ccc32)cc1. The highest BCUT2D eigenvalue weighted by molar-refractivity contribution is 6.09. The number of hydrogen-bond acceptors (Lipinski definition) is 2. The third kappa shape index (κ3) is 3.80. The molecule has 10 unspecified atom stereocenters. The lowest BCUT2D eigenvalue weighted by Crippen LogP contribution is -2.74. The molecule has 0 spiro atoms. The van der Waals surface area contributed by atoms with Gasteiger partial charge in [0, 0.05) is 34.6 Å². The van der Waals surface area contributed by atoms with Crippen molar-refractivity contribution in [2.75, 3.05) is 0 Å². The molecule has 0 N–H and O–H groups in total. The Bertz CT molecular complexity index is 1660. The number of morpholine rings is 1. The van der Waals surface area contributed by atoms with Gasteiger partial charge in [0.25, 0.3) is 0 Å². The van der Waals surface area contributed by atoms with Crippen LogP contribution in [-0.2, 0) is 4.74 Å². The Hall–Kier alpha value is -2.62. The number of rotatable bonds is 2. The van der Waals surface area contributed by atoms with E-state index in [9.17, 15) is 0 Å². The molecule has 1 aromatic heterocycles. The van der Waals surface area contributed by atoms with Crippen molar-refractivity contribution in [1.82, 2.24) is 9.47 Å². The maximum atomic E-state index is 7.27. The van der Waals surface area contributed by atoms with Crippen molar-refractivity contribution in [3.05, 3.63) is 78.4 Å². The van der Waals surface area contributed by atoms with E-state index in [0.717, 1.165) is 35.8 Å². The van der Waals surface area contributed by atoms with Gasteiger partial charge in [-0.2, -0.15) is 0 Å². The predicted octanol–water partition coefficient (Wildman–Crippen LogP) is 9.26. The summed E-state index contributed by atoms with van der Waals surface area (Å²) in [6, 6.07) is 29.5. The summed E-state index contributed by atoms with van der Waals surface area (Å²) < 4.78 is 9.72. The first-order chi connectivity index (χ1) is 21.3. The summed E-state index contributed by atoms with van der Waals surface area (Å²) in [5.41, 5.74) is 5.38. The van der Waals surface area contributed by atoms with Crippen molar-refractivity contribution in [2.45, 2.75) is 113 Å². The molecule has 2 saturated heterocycles. The van der Waals surface area contributed by atoms with Crippen molar-refractivity contribution < 1.29 is 4.74 Å². The van der Waals surface area contributed by atoms with E-state index in [1.165, 1.54) is 110 Å². The first kappa shape index (κ1) is 25.7. The molecule has 6 aliphatic rings. The second-order valence-corrected chi connectivity index (χ2v) is 15.2. The second-order valence-electron chi connectivity index (χ2n) is 15.2. The van der Waals surface area contributed by atoms with E-state index in [1.807, 2.05) is 0 Å². The summed E-state index contributed by atoms with van der Waals surface area (Å²) in [6.45, 7) is 0. The Morgan fingerprint density at radius 3 is 2.33 bits per heavy atom. The maximum Gasteiger partial charge on any atom is 0.0740 e. The zero-order chi connectivity index (χ0) is 28.1. The molecule has 222 valence electrons. The van der Waals surface area contributed by atoms with Crippen LogP contribution in [0.3, 0.4) is 0 Å². The van der Waals surface area contributed by atoms with Gasteiger partial charge < -0.3 is 9.30 Å². The van der Waals surface area contributed by atoms with Crippen LogP contribution in [0.25, 0.3) is 27.5 Å². The molecule has 3 nitrogen and oxygen atoms in total. The van der Waals surface area contributed by atoms with E-state index in [0.29, 0.717) is 24.2 Å². The van der Waals surface area contributed by atoms with Crippen LogP contribution in [0, 0.1) is 23.7 Å². The number of fused-ring (bicyclic) bond motifs is 7. The molecule has 43 heavy (non-hydrogen) atoms. The van der Waals surface area contributed by atoms with E-state index in [1.54, 1.807) is 0 Å². The van der Waals surface area contributed by atoms with E-state index >= 15 is 0 Å². The Labute approximate surface area is 256 Å². The van der Waals surface area contributed by atoms with Gasteiger partial charge in [0.1, 0.15) is 0 Å². The third-order valence-corrected chi connectivity index (χ3v) is 13.5. The quantitative estimate of drug-likeness (QED) is 0.239. The Morgan fingerprint density at radius 1 is 0.605 bits per heavy atom. The van der Waals surface area contributed by atoms with E-state index < -0.39 is 0 Å². The fourth-order valence-corrected chi connectivity index (χ4v) is 12.0. The molecule has 0 radical (unpaired) electrons. The van der Waals surface area contributed by atoms with E-state index in [-0.39, 0.29) is 0 Å². The third-order valence-electron chi connectivity index (χ3n) is 13.5. The van der Waals surface area contributed by atoms with Crippen LogP contribution < -0.4 is 0 Å². The van der Waals surface area contributed by atoms with E-state index in [4.69, 9.17) is 4.74 Å². The van der Waals surface area contributed by atoms with Crippen LogP contribution in [0.2, 0.25) is 0 Å². The zero-order valence-electron chi connectivity index (χ0n) is 25.5. The summed E-state index contributed by atoms with van der Waals surface area (Å²) >= 11 is 0. The molecule has 6 fully saturated rings. The fraction of sp³-hybridized carbons (Fsp3) is 0.550. The lowest BCUT2D eigenvalue weighted by molar-refractivity contribution is -0.248. The minimum Gasteiger partial charge on any atom is -0.372 e. The van der Waals surface area contributed by atoms with Gasteiger partial charge in [0.15, 0.2) is 0 Å². The molecular formula is C40H46N2O. The van der Waals surface area contributed by atoms with Crippen molar-refractivity contribution >= 4 is 21.8 Å². The van der Waals surface area contributed by atoms with Crippen molar-refractivity contribution in [2.24, 2.45) is 23.7 Å². The summed E-state index contributed by atoms with van der Waals surface area (Å²) in [5.74, 6) is 4.49. The summed E-state index contributed by atoms with van der Waals surface area (Å²) in [5, 5.41) is 2.76. The van der Waals surface area contributed by atoms with Crippen LogP contribution >= 0.6 is 0 Å². The molecular weight excluding hydrogens is 524 g/mol. The van der Waals surface area contributed by atoms with Gasteiger partial charge in [-0.3, -0.25) is 4.90 Å². The van der Waals surface area contributed by atoms with Crippen molar-refractivity contribution in [3.8, 4) is 5.69 Å². The number of ether oxygens (including phenoxy) is 1. The minimum atomic E-state index is 0.403. The molecule has 0 amide bonds. The van der Waals surface area contributed by atoms with Crippen LogP contribution in [0.5, 0.6) is 0 Å². The normalized spacial score (nSPS) is 38.8. The van der Waals surface area contributed by atoms with Gasteiger partial charge in [0.05, 0.1) is 23.2 Å². The molecule has 4 aromatic rings. The first-order valence-electron chi connectivity index (χ1n) is 17.8. The lowest BCUT2D eigenvalue weighted by Gasteiger charge is -2.67. The average Bonchev–Trinajstić information content (AvgIpc) is 3.40. The van der Waals surface area contributed by atoms with Gasteiger partial charge >= 0.3 is 0 Å². The number of hydrogen-bond donors (Lipinski definition) is 0. The summed E-state index contributed by atoms with van der Waals surface area (Å²) in [4.78, 5) is 3.20. The molecule has 3 heterocycles. The van der Waals surface area contributed by atoms with Gasteiger partial charge in [-0.05, 0) is 110 Å². The van der Waals surface area contributed by atoms with Crippen molar-refractivity contribution in [3.63, 3.8) is 0 Å². The number of nitrogens with zero attached hydrogens (tertiary/aromatic N) is 2. The predicted molar refractivity (Wildman–Crippen MR) is 175 cm³/mol. The minimum absolute atomic E-state index is 0.403. The standard InChI is InChI=1S/C40H46N2O/c1-2-11-28(12-3-1)41-33-16-5-4-13-29(33)32-23-26(19-21-34(32)41)27-20-22-35-38(24-27)43-37-18-8-15-31-30-14-6-9-25-10-7-17-36(39(25)30)42(35)40(31)37/h1-5,11-13,16,19,21,23,25,27,30-31,35-40H,6-10,14-15,17-18,20,22,24H2. The second kappa shape index (κ2) is 9.94. The molecule has 4 saturated carbocycles. The fourth-order valence-electron chi connectivity index (χ4n) is 12.0. The van der Waals surface area contributed by atoms with Gasteiger partial charge in [-0.1, -0.05) is 74.6 Å². The molecule has 10 atom stereocenters. The summed E-state index contributed by atoms with van der Waals surface area (Å²) in [6.07, 6.45) is 17.8. The highest BCUT2D eigenvalue weighted by atomic mass is 16.5. The Balaban J connectivity index is 0.995. The number of para-hydroxylation sites is 2. The van der Waals surface area contributed by atoms with Gasteiger partial charge in [0.2, 0.25) is 0 Å². The van der Waals surface area contributed by atoms with Crippen LogP contribution in [-0.4, -0.2) is 39.8 Å². The van der Waals surface area contributed by atoms with Gasteiger partial charge in [-0.25, -0.2) is 0 Å². The topological polar surface area (TPSA) is 17.4 Å². The average molecular weight is 571 g/mol. The zero-order valence-corrected chi connectivity index (χ0v) is 25.5. The van der Waals surface area contributed by atoms with Crippen molar-refractivity contribution in [1.29, 1.82) is 0 Å². The number of benzene rings is 3. The molecule has 0 bridgehead atoms. The first-order valence-corrected chi connectivity index (χ1v) is 17.8. The molecule has 10 rings (SSSR count). The van der Waals surface area contributed by atoms with Crippen LogP contribution in [0.1, 0.15) is 88.5 Å². The molecule has 3 aromatic carbocycles. The highest BCUT2D eigenvalue weighted by Crippen LogP contribution is 2.59. The van der Waals surface area contributed by atoms with E-state index in [2.05, 4.69) is 82.3 Å². The Kier molecular flexibility index (Phi) is 5.94. The number of aromatic nitrogens is 1. The summed E-state index contributed by atoms with van der Waals surface area (Å²) in [7, 11) is 0. The maximum absolute atomic E-state index is 7.27. The van der Waals surface area contributed by atoms with Gasteiger partial charge in [-0.15, -0.1) is 0 Å².